The topological polar surface area (TPSA) is 27.1 Å². The van der Waals surface area contributed by atoms with Gasteiger partial charge in [-0.1, -0.05) is 30.1 Å². The van der Waals surface area contributed by atoms with Gasteiger partial charge in [0, 0.05) is 6.61 Å². The predicted molar refractivity (Wildman–Crippen MR) is 56.2 cm³/mol. The van der Waals surface area contributed by atoms with Crippen LogP contribution in [0, 0.1) is 0 Å². The van der Waals surface area contributed by atoms with Crippen molar-refractivity contribution >= 4 is 39.1 Å². The van der Waals surface area contributed by atoms with Crippen molar-refractivity contribution in [3.8, 4) is 0 Å². The average molecular weight is 288 g/mol. The number of halogens is 3. The van der Waals surface area contributed by atoms with Crippen LogP contribution in [0.1, 0.15) is 13.3 Å². The highest BCUT2D eigenvalue weighted by Gasteiger charge is 2.11. The van der Waals surface area contributed by atoms with Crippen LogP contribution < -0.4 is 0 Å². The summed E-state index contributed by atoms with van der Waals surface area (Å²) in [5.41, 5.74) is 0. The highest BCUT2D eigenvalue weighted by molar-refractivity contribution is 9.10. The lowest BCUT2D eigenvalue weighted by atomic mass is 10.5. The van der Waals surface area contributed by atoms with Gasteiger partial charge in [-0.15, -0.1) is 0 Å². The number of hydrogen-bond donors (Lipinski definition) is 0. The van der Waals surface area contributed by atoms with Gasteiger partial charge in [-0.2, -0.15) is 0 Å². The van der Waals surface area contributed by atoms with E-state index in [-0.39, 0.29) is 5.15 Å². The Hall–Kier alpha value is 0.230. The molecular formula is C7H9BrCl2N2O. The van der Waals surface area contributed by atoms with E-state index in [0.29, 0.717) is 23.2 Å². The van der Waals surface area contributed by atoms with Crippen LogP contribution in [0.3, 0.4) is 0 Å². The van der Waals surface area contributed by atoms with Crippen LogP contribution in [0.4, 0.5) is 0 Å². The summed E-state index contributed by atoms with van der Waals surface area (Å²) in [7, 11) is 0. The van der Waals surface area contributed by atoms with Crippen molar-refractivity contribution < 1.29 is 4.74 Å². The summed E-state index contributed by atoms with van der Waals surface area (Å²) in [6.07, 6.45) is 0.970. The molecule has 0 aliphatic rings. The van der Waals surface area contributed by atoms with Gasteiger partial charge in [0.1, 0.15) is 6.73 Å². The van der Waals surface area contributed by atoms with Crippen LogP contribution in [-0.2, 0) is 11.5 Å². The van der Waals surface area contributed by atoms with Crippen LogP contribution in [0.15, 0.2) is 4.73 Å². The zero-order chi connectivity index (χ0) is 9.84. The van der Waals surface area contributed by atoms with Gasteiger partial charge in [0.25, 0.3) is 0 Å². The molecular weight excluding hydrogens is 279 g/mol. The van der Waals surface area contributed by atoms with Crippen molar-refractivity contribution in [3.63, 3.8) is 0 Å². The van der Waals surface area contributed by atoms with E-state index in [4.69, 9.17) is 27.9 Å². The monoisotopic (exact) mass is 286 g/mol. The molecule has 0 fully saturated rings. The first-order valence-corrected chi connectivity index (χ1v) is 5.36. The van der Waals surface area contributed by atoms with Crippen molar-refractivity contribution in [1.82, 2.24) is 9.55 Å². The van der Waals surface area contributed by atoms with Crippen LogP contribution >= 0.6 is 39.1 Å². The zero-order valence-electron chi connectivity index (χ0n) is 7.06. The van der Waals surface area contributed by atoms with E-state index < -0.39 is 0 Å². The quantitative estimate of drug-likeness (QED) is 0.794. The molecule has 0 atom stereocenters. The minimum absolute atomic E-state index is 0.286. The highest BCUT2D eigenvalue weighted by atomic mass is 79.9. The van der Waals surface area contributed by atoms with E-state index >= 15 is 0 Å². The SMILES string of the molecule is CCCOCn1c(Br)nc(Cl)c1Cl. The lowest BCUT2D eigenvalue weighted by Crippen LogP contribution is -2.03. The fourth-order valence-corrected chi connectivity index (χ4v) is 1.80. The Bertz CT molecular complexity index is 290. The van der Waals surface area contributed by atoms with E-state index in [1.807, 2.05) is 6.92 Å². The Morgan fingerprint density at radius 3 is 2.69 bits per heavy atom. The van der Waals surface area contributed by atoms with Gasteiger partial charge in [0.05, 0.1) is 0 Å². The van der Waals surface area contributed by atoms with Crippen molar-refractivity contribution in [2.24, 2.45) is 0 Å². The standard InChI is InChI=1S/C7H9BrCl2N2O/c1-2-3-13-4-12-6(10)5(9)11-7(12)8/h2-4H2,1H3. The third-order valence-electron chi connectivity index (χ3n) is 1.39. The van der Waals surface area contributed by atoms with Gasteiger partial charge in [-0.3, -0.25) is 4.57 Å². The van der Waals surface area contributed by atoms with Crippen LogP contribution in [0.5, 0.6) is 0 Å². The van der Waals surface area contributed by atoms with Gasteiger partial charge >= 0.3 is 0 Å². The molecule has 0 radical (unpaired) electrons. The van der Waals surface area contributed by atoms with Crippen molar-refractivity contribution in [2.45, 2.75) is 20.1 Å². The molecule has 6 heteroatoms. The number of nitrogens with zero attached hydrogens (tertiary/aromatic N) is 2. The summed E-state index contributed by atoms with van der Waals surface area (Å²) >= 11 is 14.8. The van der Waals surface area contributed by atoms with Gasteiger partial charge < -0.3 is 4.74 Å². The number of imidazole rings is 1. The summed E-state index contributed by atoms with van der Waals surface area (Å²) < 4.78 is 7.53. The fourth-order valence-electron chi connectivity index (χ4n) is 0.790. The molecule has 1 heterocycles. The zero-order valence-corrected chi connectivity index (χ0v) is 10.2. The lowest BCUT2D eigenvalue weighted by molar-refractivity contribution is 0.0762. The second-order valence-corrected chi connectivity index (χ2v) is 3.85. The highest BCUT2D eigenvalue weighted by Crippen LogP contribution is 2.25. The molecule has 0 N–H and O–H groups in total. The van der Waals surface area contributed by atoms with E-state index in [0.717, 1.165) is 6.42 Å². The summed E-state index contributed by atoms with van der Waals surface area (Å²) in [5.74, 6) is 0. The first kappa shape index (κ1) is 11.3. The Kier molecular flexibility index (Phi) is 4.52. The third kappa shape index (κ3) is 2.84. The number of ether oxygens (including phenoxy) is 1. The summed E-state index contributed by atoms with van der Waals surface area (Å²) in [6.45, 7) is 3.10. The maximum absolute atomic E-state index is 5.85. The molecule has 0 saturated carbocycles. The second-order valence-electron chi connectivity index (χ2n) is 2.43. The number of aromatic nitrogens is 2. The first-order valence-electron chi connectivity index (χ1n) is 3.81. The molecule has 0 aliphatic heterocycles. The van der Waals surface area contributed by atoms with Gasteiger partial charge in [0.2, 0.25) is 0 Å². The van der Waals surface area contributed by atoms with Crippen LogP contribution in [0.25, 0.3) is 0 Å². The molecule has 0 saturated heterocycles. The molecule has 1 rings (SSSR count). The lowest BCUT2D eigenvalue weighted by Gasteiger charge is -2.05. The Balaban J connectivity index is 2.64. The van der Waals surface area contributed by atoms with Crippen LogP contribution in [0.2, 0.25) is 10.3 Å². The van der Waals surface area contributed by atoms with E-state index in [1.54, 1.807) is 4.57 Å². The maximum Gasteiger partial charge on any atom is 0.181 e. The summed E-state index contributed by atoms with van der Waals surface area (Å²) in [5, 5.41) is 0.679. The second kappa shape index (κ2) is 5.20. The Morgan fingerprint density at radius 2 is 2.23 bits per heavy atom. The van der Waals surface area contributed by atoms with Gasteiger partial charge in [-0.25, -0.2) is 4.98 Å². The van der Waals surface area contributed by atoms with Gasteiger partial charge in [0.15, 0.2) is 15.0 Å². The largest absolute Gasteiger partial charge is 0.361 e. The molecule has 0 amide bonds. The Labute approximate surface area is 95.1 Å². The molecule has 0 unspecified atom stereocenters. The molecule has 74 valence electrons. The molecule has 13 heavy (non-hydrogen) atoms. The molecule has 0 spiro atoms. The predicted octanol–water partition coefficient (Wildman–Crippen LogP) is 3.34. The normalized spacial score (nSPS) is 10.8. The minimum Gasteiger partial charge on any atom is -0.361 e. The summed E-state index contributed by atoms with van der Waals surface area (Å²) in [4.78, 5) is 3.92. The minimum atomic E-state index is 0.286. The molecule has 1 aromatic heterocycles. The van der Waals surface area contributed by atoms with E-state index in [9.17, 15) is 0 Å². The average Bonchev–Trinajstić information content (AvgIpc) is 2.32. The molecule has 0 aromatic carbocycles. The third-order valence-corrected chi connectivity index (χ3v) is 2.74. The van der Waals surface area contributed by atoms with Crippen LogP contribution in [-0.4, -0.2) is 16.2 Å². The first-order chi connectivity index (χ1) is 6.16. The van der Waals surface area contributed by atoms with Gasteiger partial charge in [-0.05, 0) is 22.4 Å². The van der Waals surface area contributed by atoms with Crippen molar-refractivity contribution in [2.75, 3.05) is 6.61 Å². The number of rotatable bonds is 4. The van der Waals surface area contributed by atoms with E-state index in [1.165, 1.54) is 0 Å². The smallest absolute Gasteiger partial charge is 0.181 e. The Morgan fingerprint density at radius 1 is 1.54 bits per heavy atom. The van der Waals surface area contributed by atoms with E-state index in [2.05, 4.69) is 20.9 Å². The molecule has 0 bridgehead atoms. The molecule has 1 aromatic rings. The maximum atomic E-state index is 5.85. The van der Waals surface area contributed by atoms with Crippen molar-refractivity contribution in [1.29, 1.82) is 0 Å². The molecule has 0 aliphatic carbocycles. The number of hydrogen-bond acceptors (Lipinski definition) is 2. The van der Waals surface area contributed by atoms with Crippen molar-refractivity contribution in [3.05, 3.63) is 15.0 Å². The summed E-state index contributed by atoms with van der Waals surface area (Å²) in [6, 6.07) is 0. The fraction of sp³-hybridized carbons (Fsp3) is 0.571. The molecule has 3 nitrogen and oxygen atoms in total.